The molecule has 1 heterocycles. The van der Waals surface area contributed by atoms with Gasteiger partial charge in [0.2, 0.25) is 0 Å². The number of hydrogen-bond acceptors (Lipinski definition) is 3. The van der Waals surface area contributed by atoms with Gasteiger partial charge < -0.3 is 5.32 Å². The number of aromatic nitrogens is 1. The molecule has 0 aliphatic rings. The average molecular weight is 302 g/mol. The Hall–Kier alpha value is -1.19. The van der Waals surface area contributed by atoms with Gasteiger partial charge in [0.05, 0.1) is 5.01 Å². The predicted molar refractivity (Wildman–Crippen MR) is 92.0 cm³/mol. The highest BCUT2D eigenvalue weighted by atomic mass is 32.1. The molecule has 1 aromatic carbocycles. The van der Waals surface area contributed by atoms with Crippen molar-refractivity contribution in [2.45, 2.75) is 51.5 Å². The van der Waals surface area contributed by atoms with Gasteiger partial charge >= 0.3 is 0 Å². The first-order valence-electron chi connectivity index (χ1n) is 7.64. The van der Waals surface area contributed by atoms with Crippen molar-refractivity contribution in [3.05, 3.63) is 52.5 Å². The van der Waals surface area contributed by atoms with Gasteiger partial charge in [-0.15, -0.1) is 11.3 Å². The molecule has 0 aliphatic heterocycles. The molecule has 3 heteroatoms. The van der Waals surface area contributed by atoms with Crippen molar-refractivity contribution in [2.75, 3.05) is 6.54 Å². The molecule has 1 unspecified atom stereocenters. The highest BCUT2D eigenvalue weighted by molar-refractivity contribution is 7.09. The summed E-state index contributed by atoms with van der Waals surface area (Å²) in [7, 11) is 0. The lowest BCUT2D eigenvalue weighted by atomic mass is 9.75. The zero-order valence-corrected chi connectivity index (χ0v) is 14.3. The van der Waals surface area contributed by atoms with E-state index < -0.39 is 0 Å². The molecule has 1 atom stereocenters. The van der Waals surface area contributed by atoms with E-state index in [2.05, 4.69) is 73.7 Å². The zero-order valence-electron chi connectivity index (χ0n) is 13.5. The van der Waals surface area contributed by atoms with Crippen molar-refractivity contribution >= 4 is 11.3 Å². The first kappa shape index (κ1) is 16.2. The third kappa shape index (κ3) is 4.39. The minimum absolute atomic E-state index is 0.104. The summed E-state index contributed by atoms with van der Waals surface area (Å²) in [5, 5.41) is 6.99. The summed E-state index contributed by atoms with van der Waals surface area (Å²) in [6, 6.07) is 10.9. The average Bonchev–Trinajstić information content (AvgIpc) is 2.96. The Kier molecular flexibility index (Phi) is 5.17. The SMILES string of the molecule is CCC(CNC(C)(C)C)(Cc1nccs1)c1ccccc1. The molecular weight excluding hydrogens is 276 g/mol. The van der Waals surface area contributed by atoms with E-state index in [0.717, 1.165) is 19.4 Å². The van der Waals surface area contributed by atoms with Crippen LogP contribution in [-0.4, -0.2) is 17.1 Å². The van der Waals surface area contributed by atoms with E-state index in [1.54, 1.807) is 11.3 Å². The lowest BCUT2D eigenvalue weighted by molar-refractivity contribution is 0.318. The quantitative estimate of drug-likeness (QED) is 0.854. The van der Waals surface area contributed by atoms with Crippen LogP contribution in [0.4, 0.5) is 0 Å². The molecule has 2 aromatic rings. The van der Waals surface area contributed by atoms with Gasteiger partial charge in [-0.05, 0) is 32.8 Å². The van der Waals surface area contributed by atoms with Gasteiger partial charge in [0.15, 0.2) is 0 Å². The van der Waals surface area contributed by atoms with Gasteiger partial charge in [0.1, 0.15) is 0 Å². The maximum atomic E-state index is 4.51. The van der Waals surface area contributed by atoms with Crippen molar-refractivity contribution in [2.24, 2.45) is 0 Å². The maximum absolute atomic E-state index is 4.51. The molecule has 2 rings (SSSR count). The number of thiazole rings is 1. The van der Waals surface area contributed by atoms with Crippen molar-refractivity contribution in [3.63, 3.8) is 0 Å². The monoisotopic (exact) mass is 302 g/mol. The van der Waals surface area contributed by atoms with E-state index in [1.165, 1.54) is 10.6 Å². The van der Waals surface area contributed by atoms with Crippen LogP contribution in [0.25, 0.3) is 0 Å². The third-order valence-electron chi connectivity index (χ3n) is 3.99. The Balaban J connectivity index is 2.31. The van der Waals surface area contributed by atoms with E-state index in [0.29, 0.717) is 0 Å². The minimum atomic E-state index is 0.104. The predicted octanol–water partition coefficient (Wildman–Crippen LogP) is 4.42. The summed E-state index contributed by atoms with van der Waals surface area (Å²) < 4.78 is 0. The Morgan fingerprint density at radius 1 is 1.14 bits per heavy atom. The second-order valence-corrected chi connectivity index (χ2v) is 7.69. The summed E-state index contributed by atoms with van der Waals surface area (Å²) in [5.74, 6) is 0. The van der Waals surface area contributed by atoms with Gasteiger partial charge in [-0.25, -0.2) is 4.98 Å². The van der Waals surface area contributed by atoms with Crippen LogP contribution in [0, 0.1) is 0 Å². The van der Waals surface area contributed by atoms with Gasteiger partial charge in [-0.2, -0.15) is 0 Å². The largest absolute Gasteiger partial charge is 0.311 e. The van der Waals surface area contributed by atoms with Gasteiger partial charge in [0, 0.05) is 35.5 Å². The van der Waals surface area contributed by atoms with Crippen LogP contribution in [0.2, 0.25) is 0 Å². The molecule has 21 heavy (non-hydrogen) atoms. The lowest BCUT2D eigenvalue weighted by Crippen LogP contribution is -2.47. The number of hydrogen-bond donors (Lipinski definition) is 1. The summed E-state index contributed by atoms with van der Waals surface area (Å²) >= 11 is 1.75. The standard InChI is InChI=1S/C18H26N2S/c1-5-18(14-20-17(2,3)4,13-16-19-11-12-21-16)15-9-7-6-8-10-15/h6-12,20H,5,13-14H2,1-4H3. The number of nitrogens with zero attached hydrogens (tertiary/aromatic N) is 1. The first-order chi connectivity index (χ1) is 9.95. The molecule has 0 aliphatic carbocycles. The fourth-order valence-electron chi connectivity index (χ4n) is 2.58. The van der Waals surface area contributed by atoms with Crippen LogP contribution in [-0.2, 0) is 11.8 Å². The molecule has 0 amide bonds. The highest BCUT2D eigenvalue weighted by Crippen LogP contribution is 2.32. The molecule has 0 saturated carbocycles. The fraction of sp³-hybridized carbons (Fsp3) is 0.500. The van der Waals surface area contributed by atoms with E-state index in [1.807, 2.05) is 6.20 Å². The van der Waals surface area contributed by atoms with Crippen LogP contribution in [0.1, 0.15) is 44.7 Å². The normalized spacial score (nSPS) is 14.9. The van der Waals surface area contributed by atoms with Crippen molar-refractivity contribution in [3.8, 4) is 0 Å². The van der Waals surface area contributed by atoms with Crippen molar-refractivity contribution in [1.29, 1.82) is 0 Å². The van der Waals surface area contributed by atoms with Crippen molar-refractivity contribution in [1.82, 2.24) is 10.3 Å². The second kappa shape index (κ2) is 6.71. The Morgan fingerprint density at radius 3 is 2.38 bits per heavy atom. The molecule has 1 aromatic heterocycles. The lowest BCUT2D eigenvalue weighted by Gasteiger charge is -2.36. The first-order valence-corrected chi connectivity index (χ1v) is 8.52. The fourth-order valence-corrected chi connectivity index (χ4v) is 3.34. The minimum Gasteiger partial charge on any atom is -0.311 e. The second-order valence-electron chi connectivity index (χ2n) is 6.71. The van der Waals surface area contributed by atoms with Gasteiger partial charge in [-0.3, -0.25) is 0 Å². The van der Waals surface area contributed by atoms with Gasteiger partial charge in [0.25, 0.3) is 0 Å². The number of benzene rings is 1. The summed E-state index contributed by atoms with van der Waals surface area (Å²) in [6.45, 7) is 9.92. The zero-order chi connectivity index (χ0) is 15.3. The van der Waals surface area contributed by atoms with E-state index in [-0.39, 0.29) is 11.0 Å². The molecular formula is C18H26N2S. The Bertz CT molecular complexity index is 528. The van der Waals surface area contributed by atoms with Crippen LogP contribution in [0.15, 0.2) is 41.9 Å². The van der Waals surface area contributed by atoms with Crippen molar-refractivity contribution < 1.29 is 0 Å². The molecule has 0 bridgehead atoms. The van der Waals surface area contributed by atoms with Crippen LogP contribution in [0.3, 0.4) is 0 Å². The summed E-state index contributed by atoms with van der Waals surface area (Å²) in [6.07, 6.45) is 4.00. The third-order valence-corrected chi connectivity index (χ3v) is 4.77. The highest BCUT2D eigenvalue weighted by Gasteiger charge is 2.32. The smallest absolute Gasteiger partial charge is 0.0934 e. The molecule has 0 spiro atoms. The Labute approximate surface area is 132 Å². The number of nitrogens with one attached hydrogen (secondary N) is 1. The van der Waals surface area contributed by atoms with Crippen LogP contribution >= 0.6 is 11.3 Å². The summed E-state index contributed by atoms with van der Waals surface area (Å²) in [5.41, 5.74) is 1.63. The Morgan fingerprint density at radius 2 is 1.86 bits per heavy atom. The number of rotatable bonds is 6. The molecule has 1 N–H and O–H groups in total. The maximum Gasteiger partial charge on any atom is 0.0934 e. The molecule has 2 nitrogen and oxygen atoms in total. The van der Waals surface area contributed by atoms with Gasteiger partial charge in [-0.1, -0.05) is 37.3 Å². The van der Waals surface area contributed by atoms with Crippen LogP contribution in [0.5, 0.6) is 0 Å². The van der Waals surface area contributed by atoms with Crippen LogP contribution < -0.4 is 5.32 Å². The van der Waals surface area contributed by atoms with E-state index >= 15 is 0 Å². The van der Waals surface area contributed by atoms with E-state index in [4.69, 9.17) is 0 Å². The summed E-state index contributed by atoms with van der Waals surface area (Å²) in [4.78, 5) is 4.51. The molecule has 0 fully saturated rings. The topological polar surface area (TPSA) is 24.9 Å². The molecule has 114 valence electrons. The molecule has 0 radical (unpaired) electrons. The van der Waals surface area contributed by atoms with E-state index in [9.17, 15) is 0 Å². The molecule has 0 saturated heterocycles.